The van der Waals surface area contributed by atoms with Gasteiger partial charge in [-0.05, 0) is 36.8 Å². The van der Waals surface area contributed by atoms with E-state index >= 15 is 0 Å². The molecule has 1 aromatic heterocycles. The van der Waals surface area contributed by atoms with Crippen molar-refractivity contribution >= 4 is 16.9 Å². The molecule has 0 N–H and O–H groups in total. The summed E-state index contributed by atoms with van der Waals surface area (Å²) in [4.78, 5) is 26.3. The van der Waals surface area contributed by atoms with Crippen LogP contribution in [0, 0.1) is 29.1 Å². The molecule has 0 saturated carbocycles. The van der Waals surface area contributed by atoms with Gasteiger partial charge in [-0.3, -0.25) is 4.79 Å². The largest absolute Gasteiger partial charge is 0.489 e. The molecule has 0 unspecified atom stereocenters. The van der Waals surface area contributed by atoms with Crippen LogP contribution in [0.25, 0.3) is 22.1 Å². The van der Waals surface area contributed by atoms with Crippen molar-refractivity contribution in [3.63, 3.8) is 0 Å². The molecule has 0 fully saturated rings. The molecule has 5 rings (SSSR count). The fourth-order valence-electron chi connectivity index (χ4n) is 4.00. The average Bonchev–Trinajstić information content (AvgIpc) is 2.94. The molecule has 202 valence electrons. The number of carbonyl (C=O) groups is 1. The fourth-order valence-corrected chi connectivity index (χ4v) is 4.00. The van der Waals surface area contributed by atoms with Gasteiger partial charge in [0.05, 0.1) is 23.1 Å². The minimum absolute atomic E-state index is 0.0107. The third-order valence-corrected chi connectivity index (χ3v) is 5.84. The molecule has 0 spiro atoms. The van der Waals surface area contributed by atoms with E-state index in [-0.39, 0.29) is 28.9 Å². The molecule has 12 heteroatoms. The summed E-state index contributed by atoms with van der Waals surface area (Å²) in [6.45, 7) is 1.16. The summed E-state index contributed by atoms with van der Waals surface area (Å²) in [5, 5.41) is 0.0107. The van der Waals surface area contributed by atoms with Crippen molar-refractivity contribution < 1.29 is 50.1 Å². The predicted molar refractivity (Wildman–Crippen MR) is 125 cm³/mol. The van der Waals surface area contributed by atoms with E-state index in [0.717, 1.165) is 6.07 Å². The van der Waals surface area contributed by atoms with Crippen molar-refractivity contribution in [1.29, 1.82) is 0 Å². The summed E-state index contributed by atoms with van der Waals surface area (Å²) in [5.74, 6) is -11.3. The van der Waals surface area contributed by atoms with E-state index in [1.165, 1.54) is 18.2 Å². The van der Waals surface area contributed by atoms with Gasteiger partial charge < -0.3 is 23.4 Å². The van der Waals surface area contributed by atoms with Crippen LogP contribution in [-0.4, -0.2) is 25.8 Å². The molecule has 0 saturated heterocycles. The zero-order valence-corrected chi connectivity index (χ0v) is 20.0. The maximum Gasteiger partial charge on any atom is 0.375 e. The maximum atomic E-state index is 14.0. The van der Waals surface area contributed by atoms with Crippen molar-refractivity contribution in [2.24, 2.45) is 0 Å². The lowest BCUT2D eigenvalue weighted by molar-refractivity contribution is 0.0492. The molecular formula is C27H17F5O7. The summed E-state index contributed by atoms with van der Waals surface area (Å²) < 4.78 is 95.4. The number of esters is 1. The summed E-state index contributed by atoms with van der Waals surface area (Å²) >= 11 is 0. The van der Waals surface area contributed by atoms with Crippen LogP contribution in [-0.2, 0) is 11.3 Å². The first-order chi connectivity index (χ1) is 18.7. The molecule has 3 aromatic carbocycles. The zero-order chi connectivity index (χ0) is 27.8. The second-order valence-corrected chi connectivity index (χ2v) is 8.21. The number of rotatable bonds is 6. The molecule has 1 aliphatic rings. The van der Waals surface area contributed by atoms with Crippen LogP contribution in [0.4, 0.5) is 22.0 Å². The van der Waals surface area contributed by atoms with Gasteiger partial charge in [0.25, 0.3) is 0 Å². The molecular weight excluding hydrogens is 531 g/mol. The van der Waals surface area contributed by atoms with Crippen LogP contribution in [0.1, 0.15) is 23.0 Å². The average molecular weight is 548 g/mol. The van der Waals surface area contributed by atoms with Gasteiger partial charge in [-0.25, -0.2) is 26.7 Å². The molecule has 0 radical (unpaired) electrons. The van der Waals surface area contributed by atoms with Gasteiger partial charge in [-0.1, -0.05) is 6.07 Å². The summed E-state index contributed by atoms with van der Waals surface area (Å²) in [7, 11) is 0. The normalized spacial score (nSPS) is 12.5. The molecule has 4 aromatic rings. The third kappa shape index (κ3) is 4.62. The van der Waals surface area contributed by atoms with Crippen LogP contribution in [0.2, 0.25) is 0 Å². The standard InChI is InChI=1S/C27H17F5O7/c1-2-35-27(34)26-19(12-3-6-16-18(9-12)37-8-7-36-16)25(33)14-5-4-13(10-17(14)39-26)38-11-15-20(28)22(30)24(32)23(31)21(15)29/h3-6,9-10H,2,7-8,11H2,1H3. The number of hydrogen-bond acceptors (Lipinski definition) is 7. The molecule has 2 heterocycles. The molecule has 7 nitrogen and oxygen atoms in total. The lowest BCUT2D eigenvalue weighted by atomic mass is 10.0. The van der Waals surface area contributed by atoms with Crippen LogP contribution in [0.5, 0.6) is 17.2 Å². The van der Waals surface area contributed by atoms with Gasteiger partial charge in [0.15, 0.2) is 34.8 Å². The Morgan fingerprint density at radius 2 is 1.54 bits per heavy atom. The second kappa shape index (κ2) is 10.3. The second-order valence-electron chi connectivity index (χ2n) is 8.21. The highest BCUT2D eigenvalue weighted by atomic mass is 19.2. The Hall–Kier alpha value is -4.61. The lowest BCUT2D eigenvalue weighted by Crippen LogP contribution is -2.17. The van der Waals surface area contributed by atoms with E-state index in [0.29, 0.717) is 30.3 Å². The first kappa shape index (κ1) is 26.0. The smallest absolute Gasteiger partial charge is 0.375 e. The van der Waals surface area contributed by atoms with Crippen LogP contribution in [0.3, 0.4) is 0 Å². The van der Waals surface area contributed by atoms with E-state index in [9.17, 15) is 31.5 Å². The fraction of sp³-hybridized carbons (Fsp3) is 0.185. The van der Waals surface area contributed by atoms with Crippen molar-refractivity contribution in [3.05, 3.63) is 87.0 Å². The quantitative estimate of drug-likeness (QED) is 0.133. The van der Waals surface area contributed by atoms with Gasteiger partial charge in [0, 0.05) is 6.07 Å². The number of halogens is 5. The van der Waals surface area contributed by atoms with Crippen LogP contribution >= 0.6 is 0 Å². The van der Waals surface area contributed by atoms with Crippen molar-refractivity contribution in [2.75, 3.05) is 19.8 Å². The summed E-state index contributed by atoms with van der Waals surface area (Å²) in [5.41, 5.74) is -1.76. The monoisotopic (exact) mass is 548 g/mol. The molecule has 0 bridgehead atoms. The Morgan fingerprint density at radius 3 is 2.23 bits per heavy atom. The van der Waals surface area contributed by atoms with Gasteiger partial charge in [-0.15, -0.1) is 0 Å². The van der Waals surface area contributed by atoms with Crippen LogP contribution in [0.15, 0.2) is 45.6 Å². The van der Waals surface area contributed by atoms with Gasteiger partial charge in [0.1, 0.15) is 31.2 Å². The number of benzene rings is 3. The predicted octanol–water partition coefficient (Wildman–Crippen LogP) is 5.68. The molecule has 0 aliphatic carbocycles. The SMILES string of the molecule is CCOC(=O)c1oc2cc(OCc3c(F)c(F)c(F)c(F)c3F)ccc2c(=O)c1-c1ccc2c(c1)OCCO2. The van der Waals surface area contributed by atoms with Gasteiger partial charge in [-0.2, -0.15) is 0 Å². The number of ether oxygens (including phenoxy) is 4. The van der Waals surface area contributed by atoms with Crippen molar-refractivity contribution in [3.8, 4) is 28.4 Å². The molecule has 0 atom stereocenters. The topological polar surface area (TPSA) is 84.2 Å². The summed E-state index contributed by atoms with van der Waals surface area (Å²) in [6, 6.07) is 8.30. The summed E-state index contributed by atoms with van der Waals surface area (Å²) in [6.07, 6.45) is 0. The number of fused-ring (bicyclic) bond motifs is 2. The Labute approximate surface area is 216 Å². The van der Waals surface area contributed by atoms with E-state index in [1.54, 1.807) is 19.1 Å². The Bertz CT molecular complexity index is 1650. The lowest BCUT2D eigenvalue weighted by Gasteiger charge is -2.19. The minimum Gasteiger partial charge on any atom is -0.489 e. The van der Waals surface area contributed by atoms with E-state index in [2.05, 4.69) is 0 Å². The van der Waals surface area contributed by atoms with E-state index in [1.807, 2.05) is 0 Å². The molecule has 39 heavy (non-hydrogen) atoms. The van der Waals surface area contributed by atoms with Crippen LogP contribution < -0.4 is 19.6 Å². The molecule has 0 amide bonds. The number of carbonyl (C=O) groups excluding carboxylic acids is 1. The first-order valence-electron chi connectivity index (χ1n) is 11.5. The highest BCUT2D eigenvalue weighted by molar-refractivity contribution is 5.98. The number of hydrogen-bond donors (Lipinski definition) is 0. The minimum atomic E-state index is -2.29. The van der Waals surface area contributed by atoms with Crippen molar-refractivity contribution in [1.82, 2.24) is 0 Å². The van der Waals surface area contributed by atoms with Gasteiger partial charge >= 0.3 is 5.97 Å². The highest BCUT2D eigenvalue weighted by Gasteiger charge is 2.27. The highest BCUT2D eigenvalue weighted by Crippen LogP contribution is 2.36. The van der Waals surface area contributed by atoms with E-state index < -0.39 is 58.4 Å². The maximum absolute atomic E-state index is 14.0. The zero-order valence-electron chi connectivity index (χ0n) is 20.0. The Kier molecular flexibility index (Phi) is 6.85. The molecule has 1 aliphatic heterocycles. The third-order valence-electron chi connectivity index (χ3n) is 5.84. The Balaban J connectivity index is 1.57. The van der Waals surface area contributed by atoms with Gasteiger partial charge in [0.2, 0.25) is 17.0 Å². The van der Waals surface area contributed by atoms with Crippen molar-refractivity contribution in [2.45, 2.75) is 13.5 Å². The Morgan fingerprint density at radius 1 is 0.872 bits per heavy atom. The van der Waals surface area contributed by atoms with E-state index in [4.69, 9.17) is 23.4 Å². The first-order valence-corrected chi connectivity index (χ1v) is 11.5.